The van der Waals surface area contributed by atoms with Crippen LogP contribution in [0.1, 0.15) is 20.2 Å². The van der Waals surface area contributed by atoms with Gasteiger partial charge in [0.25, 0.3) is 5.91 Å². The number of anilines is 1. The molecular weight excluding hydrogens is 328 g/mol. The van der Waals surface area contributed by atoms with Gasteiger partial charge in [-0.15, -0.1) is 22.7 Å². The number of carboxylic acid groups (broad SMARTS) is 1. The van der Waals surface area contributed by atoms with E-state index in [-0.39, 0.29) is 10.8 Å². The zero-order chi connectivity index (χ0) is 14.8. The summed E-state index contributed by atoms with van der Waals surface area (Å²) in [6.07, 6.45) is 0. The second kappa shape index (κ2) is 5.76. The number of carboxylic acids is 1. The van der Waals surface area contributed by atoms with Crippen molar-refractivity contribution in [2.45, 2.75) is 0 Å². The van der Waals surface area contributed by atoms with Crippen molar-refractivity contribution < 1.29 is 14.7 Å². The number of aromatic carboxylic acids is 1. The maximum atomic E-state index is 12.1. The monoisotopic (exact) mass is 336 g/mol. The zero-order valence-corrected chi connectivity index (χ0v) is 12.8. The highest BCUT2D eigenvalue weighted by molar-refractivity contribution is 7.18. The molecule has 8 heteroatoms. The average molecular weight is 336 g/mol. The summed E-state index contributed by atoms with van der Waals surface area (Å²) in [5.41, 5.74) is 1.32. The number of nitrogens with one attached hydrogen (secondary N) is 1. The van der Waals surface area contributed by atoms with Crippen LogP contribution < -0.4 is 5.32 Å². The molecule has 5 nitrogen and oxygen atoms in total. The quantitative estimate of drug-likeness (QED) is 0.757. The molecule has 21 heavy (non-hydrogen) atoms. The summed E-state index contributed by atoms with van der Waals surface area (Å²) in [5.74, 6) is -1.35. The summed E-state index contributed by atoms with van der Waals surface area (Å²) in [5, 5.41) is 18.4. The van der Waals surface area contributed by atoms with Gasteiger partial charge in [-0.1, -0.05) is 0 Å². The van der Waals surface area contributed by atoms with Gasteiger partial charge in [0, 0.05) is 16.3 Å². The third-order valence-corrected chi connectivity index (χ3v) is 5.12. The van der Waals surface area contributed by atoms with Crippen molar-refractivity contribution in [1.82, 2.24) is 4.98 Å². The van der Waals surface area contributed by atoms with Crippen molar-refractivity contribution in [3.63, 3.8) is 0 Å². The Morgan fingerprint density at radius 1 is 1.19 bits per heavy atom. The molecular formula is C13H8N2O3S3. The lowest BCUT2D eigenvalue weighted by atomic mass is 10.3. The van der Waals surface area contributed by atoms with E-state index in [2.05, 4.69) is 10.3 Å². The van der Waals surface area contributed by atoms with E-state index in [4.69, 9.17) is 5.11 Å². The fourth-order valence-corrected chi connectivity index (χ4v) is 3.85. The van der Waals surface area contributed by atoms with Crippen LogP contribution in [0.4, 0.5) is 5.00 Å². The number of rotatable bonds is 4. The molecule has 0 bridgehead atoms. The minimum atomic E-state index is -1.01. The molecule has 0 spiro atoms. The summed E-state index contributed by atoms with van der Waals surface area (Å²) < 4.78 is 0. The van der Waals surface area contributed by atoms with E-state index >= 15 is 0 Å². The molecule has 0 unspecified atom stereocenters. The average Bonchev–Trinajstić information content (AvgIpc) is 3.19. The zero-order valence-electron chi connectivity index (χ0n) is 10.4. The molecule has 0 aliphatic rings. The van der Waals surface area contributed by atoms with Crippen LogP contribution in [-0.4, -0.2) is 22.0 Å². The molecule has 3 aromatic heterocycles. The largest absolute Gasteiger partial charge is 0.477 e. The van der Waals surface area contributed by atoms with E-state index in [0.29, 0.717) is 10.7 Å². The lowest BCUT2D eigenvalue weighted by Crippen LogP contribution is -2.11. The minimum Gasteiger partial charge on any atom is -0.477 e. The summed E-state index contributed by atoms with van der Waals surface area (Å²) in [4.78, 5) is 27.3. The van der Waals surface area contributed by atoms with Gasteiger partial charge in [-0.2, -0.15) is 11.3 Å². The van der Waals surface area contributed by atoms with Crippen LogP contribution in [0.15, 0.2) is 34.3 Å². The van der Waals surface area contributed by atoms with Crippen LogP contribution in [0.5, 0.6) is 0 Å². The molecule has 0 saturated heterocycles. The Morgan fingerprint density at radius 2 is 2.05 bits per heavy atom. The topological polar surface area (TPSA) is 79.3 Å². The van der Waals surface area contributed by atoms with Crippen LogP contribution in [-0.2, 0) is 0 Å². The highest BCUT2D eigenvalue weighted by Crippen LogP contribution is 2.27. The van der Waals surface area contributed by atoms with Gasteiger partial charge in [-0.05, 0) is 23.6 Å². The normalized spacial score (nSPS) is 10.5. The molecule has 106 valence electrons. The van der Waals surface area contributed by atoms with Crippen LogP contribution in [0.3, 0.4) is 0 Å². The molecule has 0 aliphatic carbocycles. The van der Waals surface area contributed by atoms with E-state index in [1.807, 2.05) is 16.8 Å². The Morgan fingerprint density at radius 3 is 2.71 bits per heavy atom. The first-order valence-corrected chi connectivity index (χ1v) is 8.40. The standard InChI is InChI=1S/C13H8N2O3S3/c16-11(15-10-2-1-9(21-10)13(17)18)8-6-20-12(14-8)7-3-4-19-5-7/h1-6H,(H,15,16)(H,17,18). The first kappa shape index (κ1) is 13.9. The lowest BCUT2D eigenvalue weighted by molar-refractivity contribution is 0.0702. The van der Waals surface area contributed by atoms with Crippen molar-refractivity contribution in [2.24, 2.45) is 0 Å². The first-order valence-electron chi connectivity index (χ1n) is 5.76. The van der Waals surface area contributed by atoms with Gasteiger partial charge < -0.3 is 10.4 Å². The minimum absolute atomic E-state index is 0.183. The molecule has 0 radical (unpaired) electrons. The third kappa shape index (κ3) is 3.02. The summed E-state index contributed by atoms with van der Waals surface area (Å²) in [7, 11) is 0. The SMILES string of the molecule is O=C(Nc1ccc(C(=O)O)s1)c1csc(-c2ccsc2)n1. The summed E-state index contributed by atoms with van der Waals surface area (Å²) in [6, 6.07) is 4.97. The number of nitrogens with zero attached hydrogens (tertiary/aromatic N) is 1. The molecule has 1 amide bonds. The van der Waals surface area contributed by atoms with Crippen molar-refractivity contribution in [2.75, 3.05) is 5.32 Å². The molecule has 3 rings (SSSR count). The van der Waals surface area contributed by atoms with Gasteiger partial charge in [-0.25, -0.2) is 9.78 Å². The number of thiazole rings is 1. The van der Waals surface area contributed by atoms with Gasteiger partial charge in [0.2, 0.25) is 0 Å². The summed E-state index contributed by atoms with van der Waals surface area (Å²) >= 11 is 3.99. The van der Waals surface area contributed by atoms with Gasteiger partial charge in [0.1, 0.15) is 15.6 Å². The van der Waals surface area contributed by atoms with Crippen LogP contribution in [0.25, 0.3) is 10.6 Å². The Balaban J connectivity index is 1.74. The van der Waals surface area contributed by atoms with Gasteiger partial charge in [0.15, 0.2) is 0 Å². The smallest absolute Gasteiger partial charge is 0.345 e. The molecule has 0 aliphatic heterocycles. The van der Waals surface area contributed by atoms with E-state index in [9.17, 15) is 9.59 Å². The van der Waals surface area contributed by atoms with Crippen molar-refractivity contribution in [3.05, 3.63) is 44.9 Å². The number of carbonyl (C=O) groups is 2. The van der Waals surface area contributed by atoms with Crippen LogP contribution in [0.2, 0.25) is 0 Å². The molecule has 0 fully saturated rings. The predicted molar refractivity (Wildman–Crippen MR) is 84.7 cm³/mol. The number of amides is 1. The molecule has 0 atom stereocenters. The number of carbonyl (C=O) groups excluding carboxylic acids is 1. The van der Waals surface area contributed by atoms with Gasteiger partial charge in [0.05, 0.1) is 5.00 Å². The maximum Gasteiger partial charge on any atom is 0.345 e. The summed E-state index contributed by atoms with van der Waals surface area (Å²) in [6.45, 7) is 0. The fourth-order valence-electron chi connectivity index (χ4n) is 1.59. The molecule has 3 aromatic rings. The maximum absolute atomic E-state index is 12.1. The number of hydrogen-bond acceptors (Lipinski definition) is 6. The van der Waals surface area contributed by atoms with E-state index in [0.717, 1.165) is 21.9 Å². The lowest BCUT2D eigenvalue weighted by Gasteiger charge is -1.98. The highest BCUT2D eigenvalue weighted by atomic mass is 32.1. The number of aromatic nitrogens is 1. The number of hydrogen-bond donors (Lipinski definition) is 2. The van der Waals surface area contributed by atoms with Crippen molar-refractivity contribution in [3.8, 4) is 10.6 Å². The van der Waals surface area contributed by atoms with Crippen LogP contribution in [0, 0.1) is 0 Å². The van der Waals surface area contributed by atoms with Gasteiger partial charge in [-0.3, -0.25) is 4.79 Å². The Kier molecular flexibility index (Phi) is 3.82. The van der Waals surface area contributed by atoms with Crippen molar-refractivity contribution >= 4 is 50.9 Å². The van der Waals surface area contributed by atoms with E-state index < -0.39 is 5.97 Å². The second-order valence-corrected chi connectivity index (χ2v) is 6.70. The predicted octanol–water partition coefficient (Wildman–Crippen LogP) is 3.88. The first-order chi connectivity index (χ1) is 10.1. The Hall–Kier alpha value is -2.03. The molecule has 0 aromatic carbocycles. The molecule has 2 N–H and O–H groups in total. The fraction of sp³-hybridized carbons (Fsp3) is 0. The Labute approximate surface area is 131 Å². The van der Waals surface area contributed by atoms with E-state index in [1.165, 1.54) is 17.4 Å². The number of thiophene rings is 2. The third-order valence-electron chi connectivity index (χ3n) is 2.56. The van der Waals surface area contributed by atoms with Crippen LogP contribution >= 0.6 is 34.0 Å². The molecule has 0 saturated carbocycles. The van der Waals surface area contributed by atoms with Gasteiger partial charge >= 0.3 is 5.97 Å². The second-order valence-electron chi connectivity index (χ2n) is 3.97. The highest BCUT2D eigenvalue weighted by Gasteiger charge is 2.14. The molecule has 3 heterocycles. The van der Waals surface area contributed by atoms with E-state index in [1.54, 1.807) is 22.8 Å². The Bertz CT molecular complexity index is 789. The van der Waals surface area contributed by atoms with Crippen molar-refractivity contribution in [1.29, 1.82) is 0 Å².